The average Bonchev–Trinajstić information content (AvgIpc) is 3.04. The number of aryl methyl sites for hydroxylation is 1. The molecule has 3 heterocycles. The van der Waals surface area contributed by atoms with Gasteiger partial charge in [0.2, 0.25) is 0 Å². The fourth-order valence-electron chi connectivity index (χ4n) is 3.99. The molecule has 0 unspecified atom stereocenters. The predicted octanol–water partition coefficient (Wildman–Crippen LogP) is 2.82. The zero-order chi connectivity index (χ0) is 17.4. The molecule has 6 heteroatoms. The van der Waals surface area contributed by atoms with E-state index in [1.807, 2.05) is 0 Å². The van der Waals surface area contributed by atoms with Crippen LogP contribution in [0, 0.1) is 5.92 Å². The largest absolute Gasteiger partial charge is 0.371 e. The normalized spacial score (nSPS) is 17.8. The lowest BCUT2D eigenvalue weighted by molar-refractivity contribution is 0.405. The van der Waals surface area contributed by atoms with Gasteiger partial charge in [0.25, 0.3) is 5.56 Å². The van der Waals surface area contributed by atoms with Crippen LogP contribution in [0.3, 0.4) is 0 Å². The van der Waals surface area contributed by atoms with E-state index in [9.17, 15) is 4.79 Å². The first-order valence-electron chi connectivity index (χ1n) is 8.93. The molecule has 1 aromatic heterocycles. The summed E-state index contributed by atoms with van der Waals surface area (Å²) in [6, 6.07) is 8.77. The second-order valence-electron chi connectivity index (χ2n) is 7.03. The molecule has 1 aromatic carbocycles. The standard InChI is InChI=1S/C19H23BrN4O/c1-22-19(25)18(20)17(12-21-22)23-9-6-14(7-10-23)13-24-11-8-15-4-2-3-5-16(15)24/h2-5,12,14H,6-11,13H2,1H3. The topological polar surface area (TPSA) is 41.4 Å². The number of para-hydroxylation sites is 1. The lowest BCUT2D eigenvalue weighted by Gasteiger charge is -2.36. The van der Waals surface area contributed by atoms with Gasteiger partial charge in [-0.25, -0.2) is 4.68 Å². The van der Waals surface area contributed by atoms with E-state index in [0.29, 0.717) is 10.4 Å². The summed E-state index contributed by atoms with van der Waals surface area (Å²) in [6.45, 7) is 4.24. The Bertz CT molecular complexity index is 826. The molecule has 0 bridgehead atoms. The van der Waals surface area contributed by atoms with Gasteiger partial charge in [0.15, 0.2) is 0 Å². The second-order valence-corrected chi connectivity index (χ2v) is 7.82. The molecular weight excluding hydrogens is 380 g/mol. The number of piperidine rings is 1. The maximum atomic E-state index is 12.1. The highest BCUT2D eigenvalue weighted by Gasteiger charge is 2.26. The van der Waals surface area contributed by atoms with Crippen LogP contribution in [-0.4, -0.2) is 36.0 Å². The molecule has 0 atom stereocenters. The van der Waals surface area contributed by atoms with Gasteiger partial charge in [-0.1, -0.05) is 18.2 Å². The summed E-state index contributed by atoms with van der Waals surface area (Å²) in [4.78, 5) is 16.9. The quantitative estimate of drug-likeness (QED) is 0.791. The average molecular weight is 403 g/mol. The van der Waals surface area contributed by atoms with Gasteiger partial charge in [0, 0.05) is 38.9 Å². The molecule has 5 nitrogen and oxygen atoms in total. The van der Waals surface area contributed by atoms with Crippen molar-refractivity contribution in [3.63, 3.8) is 0 Å². The van der Waals surface area contributed by atoms with Crippen LogP contribution in [0.2, 0.25) is 0 Å². The number of rotatable bonds is 3. The van der Waals surface area contributed by atoms with Crippen LogP contribution < -0.4 is 15.4 Å². The van der Waals surface area contributed by atoms with Gasteiger partial charge >= 0.3 is 0 Å². The van der Waals surface area contributed by atoms with Gasteiger partial charge in [-0.2, -0.15) is 5.10 Å². The molecule has 0 saturated carbocycles. The van der Waals surface area contributed by atoms with Crippen LogP contribution in [0.1, 0.15) is 18.4 Å². The van der Waals surface area contributed by atoms with Gasteiger partial charge < -0.3 is 9.80 Å². The Hall–Kier alpha value is -1.82. The van der Waals surface area contributed by atoms with Crippen molar-refractivity contribution in [3.05, 3.63) is 50.9 Å². The molecule has 1 saturated heterocycles. The molecule has 0 radical (unpaired) electrons. The van der Waals surface area contributed by atoms with E-state index in [1.54, 1.807) is 13.2 Å². The van der Waals surface area contributed by atoms with Crippen molar-refractivity contribution in [1.29, 1.82) is 0 Å². The van der Waals surface area contributed by atoms with Crippen LogP contribution in [0.25, 0.3) is 0 Å². The van der Waals surface area contributed by atoms with E-state index in [0.717, 1.165) is 44.7 Å². The third kappa shape index (κ3) is 3.19. The number of nitrogens with zero attached hydrogens (tertiary/aromatic N) is 4. The first kappa shape index (κ1) is 16.6. The number of aromatic nitrogens is 2. The number of anilines is 2. The minimum Gasteiger partial charge on any atom is -0.371 e. The van der Waals surface area contributed by atoms with E-state index in [2.05, 4.69) is 55.1 Å². The van der Waals surface area contributed by atoms with Crippen molar-refractivity contribution < 1.29 is 0 Å². The zero-order valence-corrected chi connectivity index (χ0v) is 16.1. The van der Waals surface area contributed by atoms with Crippen LogP contribution >= 0.6 is 15.9 Å². The van der Waals surface area contributed by atoms with Gasteiger partial charge in [-0.3, -0.25) is 4.79 Å². The third-order valence-corrected chi connectivity index (χ3v) is 6.22. The zero-order valence-electron chi connectivity index (χ0n) is 14.5. The summed E-state index contributed by atoms with van der Waals surface area (Å²) in [5, 5.41) is 4.17. The molecule has 2 aliphatic rings. The maximum absolute atomic E-state index is 12.1. The monoisotopic (exact) mass is 402 g/mol. The van der Waals surface area contributed by atoms with Crippen LogP contribution in [0.4, 0.5) is 11.4 Å². The molecule has 132 valence electrons. The van der Waals surface area contributed by atoms with Gasteiger partial charge in [-0.15, -0.1) is 0 Å². The minimum atomic E-state index is -0.0757. The summed E-state index contributed by atoms with van der Waals surface area (Å²) in [5.74, 6) is 0.709. The lowest BCUT2D eigenvalue weighted by atomic mass is 9.96. The Balaban J connectivity index is 1.40. The van der Waals surface area contributed by atoms with Crippen molar-refractivity contribution in [2.24, 2.45) is 13.0 Å². The Morgan fingerprint density at radius 2 is 1.92 bits per heavy atom. The molecule has 0 N–H and O–H groups in total. The number of hydrogen-bond donors (Lipinski definition) is 0. The highest BCUT2D eigenvalue weighted by atomic mass is 79.9. The van der Waals surface area contributed by atoms with Crippen molar-refractivity contribution >= 4 is 27.3 Å². The number of fused-ring (bicyclic) bond motifs is 1. The lowest BCUT2D eigenvalue weighted by Crippen LogP contribution is -2.39. The number of hydrogen-bond acceptors (Lipinski definition) is 4. The second kappa shape index (κ2) is 6.83. The summed E-state index contributed by atoms with van der Waals surface area (Å²) >= 11 is 3.45. The fraction of sp³-hybridized carbons (Fsp3) is 0.474. The Labute approximate surface area is 156 Å². The number of benzene rings is 1. The minimum absolute atomic E-state index is 0.0757. The molecule has 4 rings (SSSR count). The van der Waals surface area contributed by atoms with Gasteiger partial charge in [0.05, 0.1) is 11.9 Å². The summed E-state index contributed by atoms with van der Waals surface area (Å²) in [7, 11) is 1.68. The van der Waals surface area contributed by atoms with Crippen molar-refractivity contribution in [2.75, 3.05) is 36.0 Å². The third-order valence-electron chi connectivity index (χ3n) is 5.48. The molecule has 1 fully saturated rings. The Morgan fingerprint density at radius 3 is 2.72 bits per heavy atom. The first-order chi connectivity index (χ1) is 12.1. The molecule has 0 amide bonds. The molecule has 25 heavy (non-hydrogen) atoms. The molecule has 2 aromatic rings. The Kier molecular flexibility index (Phi) is 4.54. The smallest absolute Gasteiger partial charge is 0.282 e. The van der Waals surface area contributed by atoms with Crippen molar-refractivity contribution in [3.8, 4) is 0 Å². The highest BCUT2D eigenvalue weighted by Crippen LogP contribution is 2.31. The fourth-order valence-corrected chi connectivity index (χ4v) is 4.60. The molecular formula is C19H23BrN4O. The summed E-state index contributed by atoms with van der Waals surface area (Å²) in [5.41, 5.74) is 3.75. The van der Waals surface area contributed by atoms with E-state index in [1.165, 1.54) is 22.4 Å². The SMILES string of the molecule is Cn1ncc(N2CCC(CN3CCc4ccccc43)CC2)c(Br)c1=O. The molecule has 0 spiro atoms. The summed E-state index contributed by atoms with van der Waals surface area (Å²) in [6.07, 6.45) is 5.27. The molecule has 0 aliphatic carbocycles. The highest BCUT2D eigenvalue weighted by molar-refractivity contribution is 9.10. The van der Waals surface area contributed by atoms with E-state index >= 15 is 0 Å². The van der Waals surface area contributed by atoms with Gasteiger partial charge in [0.1, 0.15) is 4.47 Å². The van der Waals surface area contributed by atoms with E-state index in [4.69, 9.17) is 0 Å². The van der Waals surface area contributed by atoms with Crippen molar-refractivity contribution in [1.82, 2.24) is 9.78 Å². The predicted molar refractivity (Wildman–Crippen MR) is 104 cm³/mol. The van der Waals surface area contributed by atoms with Crippen LogP contribution in [0.5, 0.6) is 0 Å². The number of halogens is 1. The van der Waals surface area contributed by atoms with Gasteiger partial charge in [-0.05, 0) is 52.7 Å². The maximum Gasteiger partial charge on any atom is 0.282 e. The molecule has 2 aliphatic heterocycles. The van der Waals surface area contributed by atoms with Crippen LogP contribution in [-0.2, 0) is 13.5 Å². The first-order valence-corrected chi connectivity index (χ1v) is 9.72. The van der Waals surface area contributed by atoms with E-state index < -0.39 is 0 Å². The van der Waals surface area contributed by atoms with Crippen LogP contribution in [0.15, 0.2) is 39.7 Å². The van der Waals surface area contributed by atoms with Crippen molar-refractivity contribution in [2.45, 2.75) is 19.3 Å². The Morgan fingerprint density at radius 1 is 1.16 bits per heavy atom. The van der Waals surface area contributed by atoms with E-state index in [-0.39, 0.29) is 5.56 Å². The summed E-state index contributed by atoms with van der Waals surface area (Å²) < 4.78 is 1.99.